The highest BCUT2D eigenvalue weighted by atomic mass is 16.2. The third-order valence-electron chi connectivity index (χ3n) is 4.53. The lowest BCUT2D eigenvalue weighted by molar-refractivity contribution is -0.162. The van der Waals surface area contributed by atoms with Gasteiger partial charge in [0.05, 0.1) is 5.41 Å². The first kappa shape index (κ1) is 11.9. The van der Waals surface area contributed by atoms with Crippen molar-refractivity contribution in [3.63, 3.8) is 0 Å². The second-order valence-corrected chi connectivity index (χ2v) is 6.63. The fourth-order valence-electron chi connectivity index (χ4n) is 3.24. The van der Waals surface area contributed by atoms with Crippen LogP contribution in [0.4, 0.5) is 0 Å². The fourth-order valence-corrected chi connectivity index (χ4v) is 3.24. The average molecular weight is 223 g/mol. The molecule has 0 radical (unpaired) electrons. The molecule has 16 heavy (non-hydrogen) atoms. The Balaban J connectivity index is 1.85. The smallest absolute Gasteiger partial charge is 0.230 e. The van der Waals surface area contributed by atoms with E-state index in [0.29, 0.717) is 11.9 Å². The first-order chi connectivity index (χ1) is 7.42. The maximum Gasteiger partial charge on any atom is 0.230 e. The SMILES string of the molecule is CC(C)[C@H]1CC[C@H](N2CC(C)(C)C2=O)CC1. The predicted octanol–water partition coefficient (Wildman–Crippen LogP) is 3.07. The van der Waals surface area contributed by atoms with Crippen molar-refractivity contribution in [2.45, 2.75) is 59.4 Å². The van der Waals surface area contributed by atoms with Gasteiger partial charge in [0, 0.05) is 12.6 Å². The summed E-state index contributed by atoms with van der Waals surface area (Å²) in [7, 11) is 0. The summed E-state index contributed by atoms with van der Waals surface area (Å²) in [6, 6.07) is 0.551. The van der Waals surface area contributed by atoms with Crippen LogP contribution in [0.3, 0.4) is 0 Å². The Hall–Kier alpha value is -0.530. The highest BCUT2D eigenvalue weighted by Gasteiger charge is 2.47. The van der Waals surface area contributed by atoms with Gasteiger partial charge in [-0.15, -0.1) is 0 Å². The lowest BCUT2D eigenvalue weighted by Crippen LogP contribution is -2.62. The molecule has 1 saturated heterocycles. The van der Waals surface area contributed by atoms with Crippen LogP contribution in [0.25, 0.3) is 0 Å². The van der Waals surface area contributed by atoms with Crippen molar-refractivity contribution in [3.05, 3.63) is 0 Å². The Kier molecular flexibility index (Phi) is 3.02. The molecule has 0 aromatic heterocycles. The lowest BCUT2D eigenvalue weighted by atomic mass is 9.75. The fraction of sp³-hybridized carbons (Fsp3) is 0.929. The summed E-state index contributed by atoms with van der Waals surface area (Å²) in [6.07, 6.45) is 5.08. The summed E-state index contributed by atoms with van der Waals surface area (Å²) in [6.45, 7) is 9.74. The molecule has 92 valence electrons. The molecule has 1 heterocycles. The van der Waals surface area contributed by atoms with Gasteiger partial charge >= 0.3 is 0 Å². The molecular weight excluding hydrogens is 198 g/mol. The zero-order valence-corrected chi connectivity index (χ0v) is 11.1. The minimum absolute atomic E-state index is 0.0745. The van der Waals surface area contributed by atoms with Crippen molar-refractivity contribution in [1.82, 2.24) is 4.90 Å². The second kappa shape index (κ2) is 4.05. The Morgan fingerprint density at radius 3 is 2.12 bits per heavy atom. The quantitative estimate of drug-likeness (QED) is 0.659. The Morgan fingerprint density at radius 1 is 1.19 bits per heavy atom. The number of β-lactam (4-membered cyclic amide) rings is 1. The molecule has 1 amide bonds. The van der Waals surface area contributed by atoms with E-state index in [1.807, 2.05) is 0 Å². The molecule has 1 aliphatic carbocycles. The van der Waals surface area contributed by atoms with E-state index in [1.54, 1.807) is 0 Å². The Bertz CT molecular complexity index is 274. The van der Waals surface area contributed by atoms with Crippen LogP contribution in [0.5, 0.6) is 0 Å². The first-order valence-corrected chi connectivity index (χ1v) is 6.73. The molecule has 0 atom stereocenters. The molecule has 0 spiro atoms. The molecule has 0 unspecified atom stereocenters. The number of rotatable bonds is 2. The zero-order chi connectivity index (χ0) is 11.9. The third kappa shape index (κ3) is 1.99. The molecule has 0 aromatic rings. The van der Waals surface area contributed by atoms with E-state index in [9.17, 15) is 4.79 Å². The molecule has 2 fully saturated rings. The number of amides is 1. The van der Waals surface area contributed by atoms with E-state index in [-0.39, 0.29) is 5.41 Å². The zero-order valence-electron chi connectivity index (χ0n) is 11.1. The number of hydrogen-bond acceptors (Lipinski definition) is 1. The van der Waals surface area contributed by atoms with Gasteiger partial charge in [0.1, 0.15) is 0 Å². The summed E-state index contributed by atoms with van der Waals surface area (Å²) < 4.78 is 0. The van der Waals surface area contributed by atoms with Crippen LogP contribution < -0.4 is 0 Å². The van der Waals surface area contributed by atoms with Gasteiger partial charge in [0.25, 0.3) is 0 Å². The lowest BCUT2D eigenvalue weighted by Gasteiger charge is -2.50. The predicted molar refractivity (Wildman–Crippen MR) is 66.1 cm³/mol. The Morgan fingerprint density at radius 2 is 1.75 bits per heavy atom. The molecular formula is C14H25NO. The van der Waals surface area contributed by atoms with Crippen LogP contribution in [0.2, 0.25) is 0 Å². The van der Waals surface area contributed by atoms with Gasteiger partial charge in [-0.2, -0.15) is 0 Å². The first-order valence-electron chi connectivity index (χ1n) is 6.73. The van der Waals surface area contributed by atoms with Crippen molar-refractivity contribution >= 4 is 5.91 Å². The van der Waals surface area contributed by atoms with Crippen molar-refractivity contribution in [2.75, 3.05) is 6.54 Å². The summed E-state index contributed by atoms with van der Waals surface area (Å²) >= 11 is 0. The summed E-state index contributed by atoms with van der Waals surface area (Å²) in [4.78, 5) is 14.0. The van der Waals surface area contributed by atoms with Crippen molar-refractivity contribution in [3.8, 4) is 0 Å². The molecule has 2 heteroatoms. The molecule has 1 aliphatic heterocycles. The number of nitrogens with zero attached hydrogens (tertiary/aromatic N) is 1. The van der Waals surface area contributed by atoms with Crippen LogP contribution >= 0.6 is 0 Å². The van der Waals surface area contributed by atoms with E-state index in [2.05, 4.69) is 32.6 Å². The molecule has 2 aliphatic rings. The topological polar surface area (TPSA) is 20.3 Å². The second-order valence-electron chi connectivity index (χ2n) is 6.63. The third-order valence-corrected chi connectivity index (χ3v) is 4.53. The van der Waals surface area contributed by atoms with Gasteiger partial charge in [-0.1, -0.05) is 13.8 Å². The highest BCUT2D eigenvalue weighted by Crippen LogP contribution is 2.39. The maximum absolute atomic E-state index is 11.9. The van der Waals surface area contributed by atoms with Crippen molar-refractivity contribution in [2.24, 2.45) is 17.3 Å². The summed E-state index contributed by atoms with van der Waals surface area (Å²) in [5, 5.41) is 0. The Labute approximate surface area is 99.4 Å². The van der Waals surface area contributed by atoms with Crippen LogP contribution in [-0.2, 0) is 4.79 Å². The molecule has 1 saturated carbocycles. The summed E-state index contributed by atoms with van der Waals surface area (Å²) in [5.41, 5.74) is -0.0745. The normalized spacial score (nSPS) is 34.1. The van der Waals surface area contributed by atoms with Crippen LogP contribution in [0.15, 0.2) is 0 Å². The van der Waals surface area contributed by atoms with Crippen LogP contribution in [0, 0.1) is 17.3 Å². The number of carbonyl (C=O) groups is 1. The van der Waals surface area contributed by atoms with E-state index in [4.69, 9.17) is 0 Å². The van der Waals surface area contributed by atoms with Gasteiger partial charge in [-0.05, 0) is 51.4 Å². The molecule has 0 aromatic carbocycles. The number of hydrogen-bond donors (Lipinski definition) is 0. The molecule has 2 nitrogen and oxygen atoms in total. The van der Waals surface area contributed by atoms with Gasteiger partial charge in [0.2, 0.25) is 5.91 Å². The highest BCUT2D eigenvalue weighted by molar-refractivity contribution is 5.88. The van der Waals surface area contributed by atoms with E-state index < -0.39 is 0 Å². The minimum atomic E-state index is -0.0745. The maximum atomic E-state index is 11.9. The number of carbonyl (C=O) groups excluding carboxylic acids is 1. The van der Waals surface area contributed by atoms with Gasteiger partial charge < -0.3 is 4.90 Å². The van der Waals surface area contributed by atoms with Gasteiger partial charge in [0.15, 0.2) is 0 Å². The number of likely N-dealkylation sites (tertiary alicyclic amines) is 1. The van der Waals surface area contributed by atoms with E-state index >= 15 is 0 Å². The minimum Gasteiger partial charge on any atom is -0.338 e. The van der Waals surface area contributed by atoms with E-state index in [1.165, 1.54) is 25.7 Å². The van der Waals surface area contributed by atoms with Gasteiger partial charge in [-0.25, -0.2) is 0 Å². The summed E-state index contributed by atoms with van der Waals surface area (Å²) in [5.74, 6) is 2.07. The monoisotopic (exact) mass is 223 g/mol. The van der Waals surface area contributed by atoms with Crippen LogP contribution in [-0.4, -0.2) is 23.4 Å². The molecule has 0 N–H and O–H groups in total. The standard InChI is InChI=1S/C14H25NO/c1-10(2)11-5-7-12(8-6-11)15-9-14(3,4)13(15)16/h10-12H,5-9H2,1-4H3/t11-,12-. The van der Waals surface area contributed by atoms with E-state index in [0.717, 1.165) is 18.4 Å². The molecule has 2 rings (SSSR count). The average Bonchev–Trinajstić information content (AvgIpc) is 2.26. The van der Waals surface area contributed by atoms with Crippen molar-refractivity contribution in [1.29, 1.82) is 0 Å². The van der Waals surface area contributed by atoms with Crippen molar-refractivity contribution < 1.29 is 4.79 Å². The largest absolute Gasteiger partial charge is 0.338 e. The van der Waals surface area contributed by atoms with Crippen LogP contribution in [0.1, 0.15) is 53.4 Å². The molecule has 0 bridgehead atoms. The van der Waals surface area contributed by atoms with Gasteiger partial charge in [-0.3, -0.25) is 4.79 Å².